The summed E-state index contributed by atoms with van der Waals surface area (Å²) in [5.74, 6) is 0.546. The molecule has 1 aliphatic carbocycles. The molecule has 0 amide bonds. The highest BCUT2D eigenvalue weighted by atomic mass is 35.5. The van der Waals surface area contributed by atoms with Crippen LogP contribution in [0.4, 0.5) is 0 Å². The van der Waals surface area contributed by atoms with Crippen LogP contribution in [0.3, 0.4) is 0 Å². The van der Waals surface area contributed by atoms with Crippen LogP contribution >= 0.6 is 23.2 Å². The molecule has 1 saturated carbocycles. The zero-order chi connectivity index (χ0) is 8.32. The van der Waals surface area contributed by atoms with Gasteiger partial charge in [0, 0.05) is 0 Å². The average molecular weight is 195 g/mol. The van der Waals surface area contributed by atoms with Gasteiger partial charge >= 0.3 is 0 Å². The number of hydrogen-bond donors (Lipinski definition) is 0. The van der Waals surface area contributed by atoms with Crippen molar-refractivity contribution in [1.82, 2.24) is 0 Å². The molecule has 0 aromatic heterocycles. The molecule has 0 saturated heterocycles. The van der Waals surface area contributed by atoms with E-state index < -0.39 is 4.33 Å². The van der Waals surface area contributed by atoms with Crippen LogP contribution in [0.15, 0.2) is 0 Å². The van der Waals surface area contributed by atoms with E-state index >= 15 is 0 Å². The molecule has 2 heteroatoms. The van der Waals surface area contributed by atoms with Crippen molar-refractivity contribution >= 4 is 23.2 Å². The number of alkyl halides is 2. The number of halogens is 2. The molecule has 0 N–H and O–H groups in total. The summed E-state index contributed by atoms with van der Waals surface area (Å²) in [5, 5.41) is 0. The minimum Gasteiger partial charge on any atom is -0.101 e. The van der Waals surface area contributed by atoms with Crippen molar-refractivity contribution in [1.29, 1.82) is 0 Å². The predicted octanol–water partition coefficient (Wildman–Crippen LogP) is 4.15. The van der Waals surface area contributed by atoms with Crippen molar-refractivity contribution < 1.29 is 0 Å². The van der Waals surface area contributed by atoms with E-state index in [1.54, 1.807) is 0 Å². The SMILES string of the molecule is CCC(Cl)(Cl)C1CCCCC1. The molecule has 0 aliphatic heterocycles. The summed E-state index contributed by atoms with van der Waals surface area (Å²) < 4.78 is -0.444. The summed E-state index contributed by atoms with van der Waals surface area (Å²) in [6.07, 6.45) is 7.31. The Balaban J connectivity index is 2.43. The van der Waals surface area contributed by atoms with Crippen LogP contribution in [0.25, 0.3) is 0 Å². The maximum atomic E-state index is 6.16. The second-order valence-corrected chi connectivity index (χ2v) is 4.99. The van der Waals surface area contributed by atoms with Crippen LogP contribution in [-0.4, -0.2) is 4.33 Å². The summed E-state index contributed by atoms with van der Waals surface area (Å²) >= 11 is 12.3. The highest BCUT2D eigenvalue weighted by Gasteiger charge is 2.33. The fourth-order valence-corrected chi connectivity index (χ4v) is 2.25. The Kier molecular flexibility index (Phi) is 3.52. The number of hydrogen-bond acceptors (Lipinski definition) is 0. The molecule has 1 aliphatic rings. The molecule has 66 valence electrons. The van der Waals surface area contributed by atoms with Crippen LogP contribution in [0.2, 0.25) is 0 Å². The first-order chi connectivity index (χ1) is 5.17. The van der Waals surface area contributed by atoms with Crippen LogP contribution in [0, 0.1) is 5.92 Å². The van der Waals surface area contributed by atoms with Gasteiger partial charge in [0.25, 0.3) is 0 Å². The van der Waals surface area contributed by atoms with E-state index in [2.05, 4.69) is 6.92 Å². The van der Waals surface area contributed by atoms with Crippen LogP contribution < -0.4 is 0 Å². The van der Waals surface area contributed by atoms with Crippen molar-refractivity contribution in [3.05, 3.63) is 0 Å². The lowest BCUT2D eigenvalue weighted by Gasteiger charge is -2.31. The zero-order valence-corrected chi connectivity index (χ0v) is 8.59. The van der Waals surface area contributed by atoms with E-state index in [-0.39, 0.29) is 0 Å². The highest BCUT2D eigenvalue weighted by Crippen LogP contribution is 2.41. The molecule has 0 heterocycles. The van der Waals surface area contributed by atoms with Gasteiger partial charge in [-0.05, 0) is 25.2 Å². The number of rotatable bonds is 2. The molecule has 1 rings (SSSR count). The molecular weight excluding hydrogens is 179 g/mol. The molecule has 0 nitrogen and oxygen atoms in total. The van der Waals surface area contributed by atoms with E-state index in [0.717, 1.165) is 6.42 Å². The summed E-state index contributed by atoms with van der Waals surface area (Å²) in [6.45, 7) is 2.06. The maximum absolute atomic E-state index is 6.16. The average Bonchev–Trinajstić information content (AvgIpc) is 2.06. The molecule has 1 fully saturated rings. The van der Waals surface area contributed by atoms with Crippen molar-refractivity contribution in [2.24, 2.45) is 5.92 Å². The maximum Gasteiger partial charge on any atom is 0.120 e. The van der Waals surface area contributed by atoms with E-state index in [4.69, 9.17) is 23.2 Å². The van der Waals surface area contributed by atoms with Gasteiger partial charge in [-0.1, -0.05) is 26.2 Å². The van der Waals surface area contributed by atoms with E-state index in [1.165, 1.54) is 32.1 Å². The first-order valence-corrected chi connectivity index (χ1v) is 5.30. The summed E-state index contributed by atoms with van der Waals surface area (Å²) in [4.78, 5) is 0. The first-order valence-electron chi connectivity index (χ1n) is 4.54. The molecule has 0 aromatic carbocycles. The Morgan fingerprint density at radius 2 is 1.73 bits per heavy atom. The molecule has 0 aromatic rings. The summed E-state index contributed by atoms with van der Waals surface area (Å²) in [6, 6.07) is 0. The van der Waals surface area contributed by atoms with E-state index in [1.807, 2.05) is 0 Å². The van der Waals surface area contributed by atoms with Gasteiger partial charge in [0.1, 0.15) is 4.33 Å². The lowest BCUT2D eigenvalue weighted by atomic mass is 9.85. The lowest BCUT2D eigenvalue weighted by molar-refractivity contribution is 0.321. The Labute approximate surface area is 79.3 Å². The van der Waals surface area contributed by atoms with Crippen LogP contribution in [-0.2, 0) is 0 Å². The second kappa shape index (κ2) is 4.00. The van der Waals surface area contributed by atoms with E-state index in [9.17, 15) is 0 Å². The van der Waals surface area contributed by atoms with Gasteiger partial charge in [0.05, 0.1) is 0 Å². The van der Waals surface area contributed by atoms with Gasteiger partial charge in [0.2, 0.25) is 0 Å². The Morgan fingerprint density at radius 3 is 2.18 bits per heavy atom. The Morgan fingerprint density at radius 1 is 1.18 bits per heavy atom. The normalized spacial score (nSPS) is 22.1. The molecule has 0 spiro atoms. The standard InChI is InChI=1S/C9H16Cl2/c1-2-9(10,11)8-6-4-3-5-7-8/h8H,2-7H2,1H3. The van der Waals surface area contributed by atoms with Crippen LogP contribution in [0.5, 0.6) is 0 Å². The smallest absolute Gasteiger partial charge is 0.101 e. The topological polar surface area (TPSA) is 0 Å². The lowest BCUT2D eigenvalue weighted by Crippen LogP contribution is -2.26. The first kappa shape index (κ1) is 9.67. The van der Waals surface area contributed by atoms with Crippen molar-refractivity contribution in [2.75, 3.05) is 0 Å². The van der Waals surface area contributed by atoms with Gasteiger partial charge < -0.3 is 0 Å². The zero-order valence-electron chi connectivity index (χ0n) is 7.08. The third kappa shape index (κ3) is 2.52. The van der Waals surface area contributed by atoms with Gasteiger partial charge in [-0.15, -0.1) is 23.2 Å². The fraction of sp³-hybridized carbons (Fsp3) is 1.00. The third-order valence-electron chi connectivity index (χ3n) is 2.67. The second-order valence-electron chi connectivity index (χ2n) is 3.45. The van der Waals surface area contributed by atoms with Crippen molar-refractivity contribution in [3.8, 4) is 0 Å². The highest BCUT2D eigenvalue weighted by molar-refractivity contribution is 6.48. The summed E-state index contributed by atoms with van der Waals surface area (Å²) in [5.41, 5.74) is 0. The van der Waals surface area contributed by atoms with Gasteiger partial charge in [-0.3, -0.25) is 0 Å². The fourth-order valence-electron chi connectivity index (χ4n) is 1.81. The Hall–Kier alpha value is 0.580. The molecule has 0 unspecified atom stereocenters. The predicted molar refractivity (Wildman–Crippen MR) is 51.3 cm³/mol. The van der Waals surface area contributed by atoms with Gasteiger partial charge in [-0.2, -0.15) is 0 Å². The third-order valence-corrected chi connectivity index (χ3v) is 3.83. The molecule has 0 radical (unpaired) electrons. The molecule has 0 atom stereocenters. The molecular formula is C9H16Cl2. The van der Waals surface area contributed by atoms with Crippen LogP contribution in [0.1, 0.15) is 45.4 Å². The van der Waals surface area contributed by atoms with E-state index in [0.29, 0.717) is 5.92 Å². The largest absolute Gasteiger partial charge is 0.120 e. The Bertz CT molecular complexity index is 115. The van der Waals surface area contributed by atoms with Gasteiger partial charge in [0.15, 0.2) is 0 Å². The monoisotopic (exact) mass is 194 g/mol. The van der Waals surface area contributed by atoms with Crippen molar-refractivity contribution in [2.45, 2.75) is 49.8 Å². The minimum atomic E-state index is -0.444. The van der Waals surface area contributed by atoms with Gasteiger partial charge in [-0.25, -0.2) is 0 Å². The quantitative estimate of drug-likeness (QED) is 0.580. The van der Waals surface area contributed by atoms with Crippen molar-refractivity contribution in [3.63, 3.8) is 0 Å². The molecule has 11 heavy (non-hydrogen) atoms. The minimum absolute atomic E-state index is 0.444. The molecule has 0 bridgehead atoms. The summed E-state index contributed by atoms with van der Waals surface area (Å²) in [7, 11) is 0.